The number of fused-ring (bicyclic) bond motifs is 6. The summed E-state index contributed by atoms with van der Waals surface area (Å²) >= 11 is 1.78. The van der Waals surface area contributed by atoms with Crippen LogP contribution >= 0.6 is 11.3 Å². The molecule has 0 aliphatic rings. The van der Waals surface area contributed by atoms with Gasteiger partial charge in [0.1, 0.15) is 0 Å². The van der Waals surface area contributed by atoms with E-state index in [9.17, 15) is 0 Å². The number of hydrogen-bond donors (Lipinski definition) is 0. The summed E-state index contributed by atoms with van der Waals surface area (Å²) in [5, 5.41) is 4.79. The molecule has 0 unspecified atom stereocenters. The second-order valence-corrected chi connectivity index (χ2v) is 16.2. The Balaban J connectivity index is 1.12. The molecule has 0 N–H and O–H groups in total. The molecule has 0 bridgehead atoms. The molecule has 0 atom stereocenters. The summed E-state index contributed by atoms with van der Waals surface area (Å²) in [5.74, 6) is 3.43. The lowest BCUT2D eigenvalue weighted by Crippen LogP contribution is -2.05. The Morgan fingerprint density at radius 1 is 0.290 bits per heavy atom. The van der Waals surface area contributed by atoms with Gasteiger partial charge in [-0.3, -0.25) is 0 Å². The Morgan fingerprint density at radius 3 is 1.24 bits per heavy atom. The van der Waals surface area contributed by atoms with Crippen molar-refractivity contribution < 1.29 is 0 Å². The van der Waals surface area contributed by atoms with Gasteiger partial charge in [0.25, 0.3) is 0 Å². The minimum absolute atomic E-state index is 0.532. The lowest BCUT2D eigenvalue weighted by molar-refractivity contribution is 1.06. The van der Waals surface area contributed by atoms with E-state index in [-0.39, 0.29) is 0 Å². The average molecular weight is 812 g/mol. The SMILES string of the molecule is c1ccc(-c2nc(-c3ccc(-n4c5ccccc5c5ccccc54)c(-c4nc(-c5ccccc5)nc(-c5ccccc5)n4)c3)nc(-c3ccc4c(c3)sc3ccccc34)n2)cc1. The largest absolute Gasteiger partial charge is 0.309 e. The summed E-state index contributed by atoms with van der Waals surface area (Å²) < 4.78 is 4.75. The molecule has 0 spiro atoms. The Labute approximate surface area is 360 Å². The van der Waals surface area contributed by atoms with Gasteiger partial charge < -0.3 is 4.57 Å². The molecule has 8 heteroatoms. The van der Waals surface area contributed by atoms with E-state index in [0.29, 0.717) is 34.9 Å². The minimum Gasteiger partial charge on any atom is -0.309 e. The number of nitrogens with zero attached hydrogens (tertiary/aromatic N) is 7. The Morgan fingerprint density at radius 2 is 0.694 bits per heavy atom. The molecule has 0 fully saturated rings. The van der Waals surface area contributed by atoms with E-state index < -0.39 is 0 Å². The van der Waals surface area contributed by atoms with Crippen molar-refractivity contribution in [2.75, 3.05) is 0 Å². The number of thiophene rings is 1. The van der Waals surface area contributed by atoms with Crippen LogP contribution in [-0.2, 0) is 0 Å². The summed E-state index contributed by atoms with van der Waals surface area (Å²) in [6.45, 7) is 0. The molecule has 0 saturated carbocycles. The second kappa shape index (κ2) is 14.8. The van der Waals surface area contributed by atoms with Crippen molar-refractivity contribution in [1.82, 2.24) is 34.5 Å². The highest BCUT2D eigenvalue weighted by Gasteiger charge is 2.22. The topological polar surface area (TPSA) is 82.3 Å². The van der Waals surface area contributed by atoms with Gasteiger partial charge in [-0.05, 0) is 42.5 Å². The van der Waals surface area contributed by atoms with Gasteiger partial charge in [-0.15, -0.1) is 11.3 Å². The predicted octanol–water partition coefficient (Wildman–Crippen LogP) is 13.5. The zero-order chi connectivity index (χ0) is 41.0. The van der Waals surface area contributed by atoms with Gasteiger partial charge in [0.05, 0.1) is 16.7 Å². The zero-order valence-corrected chi connectivity index (χ0v) is 33.9. The van der Waals surface area contributed by atoms with E-state index in [0.717, 1.165) is 60.9 Å². The Bertz CT molecular complexity index is 3530. The fourth-order valence-corrected chi connectivity index (χ4v) is 9.52. The molecule has 290 valence electrons. The molecule has 0 aliphatic heterocycles. The molecular weight excluding hydrogens is 779 g/mol. The first kappa shape index (κ1) is 35.7. The number of hydrogen-bond acceptors (Lipinski definition) is 7. The van der Waals surface area contributed by atoms with Crippen molar-refractivity contribution in [2.45, 2.75) is 0 Å². The smallest absolute Gasteiger partial charge is 0.166 e. The standard InChI is InChI=1S/C54H33N7S/c1-4-16-34(17-5-1)49-56-52(58-53(57-49)38-28-30-42-41-24-12-15-27-47(41)62-48(42)33-38)37-29-31-46(61-44-25-13-10-22-39(44)40-23-11-14-26-45(40)61)43(32-37)54-59-50(35-18-6-2-7-19-35)55-51(60-54)36-20-8-3-9-21-36/h1-33H. The van der Waals surface area contributed by atoms with E-state index in [1.54, 1.807) is 11.3 Å². The molecule has 0 saturated heterocycles. The number of aromatic nitrogens is 7. The van der Waals surface area contributed by atoms with Crippen LogP contribution in [0.3, 0.4) is 0 Å². The lowest BCUT2D eigenvalue weighted by atomic mass is 10.1. The van der Waals surface area contributed by atoms with Gasteiger partial charge in [-0.2, -0.15) is 0 Å². The highest BCUT2D eigenvalue weighted by atomic mass is 32.1. The molecule has 0 radical (unpaired) electrons. The monoisotopic (exact) mass is 811 g/mol. The number of para-hydroxylation sites is 2. The van der Waals surface area contributed by atoms with E-state index in [1.807, 2.05) is 91.0 Å². The molecule has 12 aromatic rings. The third-order valence-corrected chi connectivity index (χ3v) is 12.5. The first-order valence-electron chi connectivity index (χ1n) is 20.5. The van der Waals surface area contributed by atoms with Gasteiger partial charge in [-0.1, -0.05) is 158 Å². The van der Waals surface area contributed by atoms with E-state index >= 15 is 0 Å². The summed E-state index contributed by atoms with van der Waals surface area (Å²) in [4.78, 5) is 31.1. The van der Waals surface area contributed by atoms with Crippen molar-refractivity contribution in [1.29, 1.82) is 0 Å². The van der Waals surface area contributed by atoms with Gasteiger partial charge >= 0.3 is 0 Å². The number of rotatable bonds is 7. The van der Waals surface area contributed by atoms with Crippen LogP contribution in [0.1, 0.15) is 0 Å². The van der Waals surface area contributed by atoms with E-state index in [2.05, 4.69) is 114 Å². The van der Waals surface area contributed by atoms with Crippen LogP contribution < -0.4 is 0 Å². The van der Waals surface area contributed by atoms with Crippen LogP contribution in [0, 0.1) is 0 Å². The third kappa shape index (κ3) is 6.20. The van der Waals surface area contributed by atoms with Crippen LogP contribution in [0.25, 0.3) is 116 Å². The fraction of sp³-hybridized carbons (Fsp3) is 0. The van der Waals surface area contributed by atoms with Crippen molar-refractivity contribution in [2.24, 2.45) is 0 Å². The van der Waals surface area contributed by atoms with Gasteiger partial charge in [-0.25, -0.2) is 29.9 Å². The summed E-state index contributed by atoms with van der Waals surface area (Å²) in [7, 11) is 0. The van der Waals surface area contributed by atoms with Crippen molar-refractivity contribution in [3.63, 3.8) is 0 Å². The van der Waals surface area contributed by atoms with E-state index in [1.165, 1.54) is 20.2 Å². The third-order valence-electron chi connectivity index (χ3n) is 11.3. The maximum Gasteiger partial charge on any atom is 0.166 e. The Hall–Kier alpha value is -8.20. The minimum atomic E-state index is 0.532. The molecule has 7 nitrogen and oxygen atoms in total. The maximum absolute atomic E-state index is 5.25. The highest BCUT2D eigenvalue weighted by molar-refractivity contribution is 7.25. The molecule has 12 rings (SSSR count). The lowest BCUT2D eigenvalue weighted by Gasteiger charge is -2.16. The van der Waals surface area contributed by atoms with Crippen LogP contribution in [0.2, 0.25) is 0 Å². The van der Waals surface area contributed by atoms with Crippen LogP contribution in [0.15, 0.2) is 200 Å². The molecule has 4 heterocycles. The fourth-order valence-electron chi connectivity index (χ4n) is 8.38. The van der Waals surface area contributed by atoms with E-state index in [4.69, 9.17) is 29.9 Å². The average Bonchev–Trinajstić information content (AvgIpc) is 3.90. The molecule has 4 aromatic heterocycles. The van der Waals surface area contributed by atoms with Gasteiger partial charge in [0.15, 0.2) is 34.9 Å². The molecule has 0 amide bonds. The molecule has 62 heavy (non-hydrogen) atoms. The zero-order valence-electron chi connectivity index (χ0n) is 33.1. The summed E-state index contributed by atoms with van der Waals surface area (Å²) in [5.41, 5.74) is 8.30. The van der Waals surface area contributed by atoms with Crippen molar-refractivity contribution in [3.8, 4) is 74.0 Å². The molecular formula is C54H33N7S. The van der Waals surface area contributed by atoms with Crippen LogP contribution in [-0.4, -0.2) is 34.5 Å². The Kier molecular flexibility index (Phi) is 8.53. The van der Waals surface area contributed by atoms with Gasteiger partial charge in [0, 0.05) is 64.3 Å². The maximum atomic E-state index is 5.25. The van der Waals surface area contributed by atoms with Gasteiger partial charge in [0.2, 0.25) is 0 Å². The first-order valence-corrected chi connectivity index (χ1v) is 21.3. The number of benzene rings is 8. The highest BCUT2D eigenvalue weighted by Crippen LogP contribution is 2.39. The second-order valence-electron chi connectivity index (χ2n) is 15.1. The quantitative estimate of drug-likeness (QED) is 0.159. The molecule has 8 aromatic carbocycles. The van der Waals surface area contributed by atoms with Crippen molar-refractivity contribution in [3.05, 3.63) is 200 Å². The van der Waals surface area contributed by atoms with Crippen molar-refractivity contribution >= 4 is 53.3 Å². The normalized spacial score (nSPS) is 11.5. The summed E-state index contributed by atoms with van der Waals surface area (Å²) in [6.07, 6.45) is 0. The molecule has 0 aliphatic carbocycles. The first-order chi connectivity index (χ1) is 30.7. The van der Waals surface area contributed by atoms with Crippen LogP contribution in [0.4, 0.5) is 0 Å². The predicted molar refractivity (Wildman–Crippen MR) is 253 cm³/mol. The van der Waals surface area contributed by atoms with Crippen LogP contribution in [0.5, 0.6) is 0 Å². The summed E-state index contributed by atoms with van der Waals surface area (Å²) in [6, 6.07) is 68.7.